The average Bonchev–Trinajstić information content (AvgIpc) is 2.17. The molecule has 1 aromatic carbocycles. The monoisotopic (exact) mass is 258 g/mol. The normalized spacial score (nSPS) is 24.8. The van der Waals surface area contributed by atoms with Crippen molar-refractivity contribution in [3.05, 3.63) is 23.8 Å². The molecule has 0 saturated carbocycles. The molecule has 1 aliphatic rings. The Morgan fingerprint density at radius 3 is 3.00 bits per heavy atom. The van der Waals surface area contributed by atoms with Crippen LogP contribution in [0.4, 0.5) is 0 Å². The zero-order chi connectivity index (χ0) is 10.2. The molecule has 0 aromatic heterocycles. The summed E-state index contributed by atoms with van der Waals surface area (Å²) in [5, 5.41) is 10.2. The molecule has 1 N–H and O–H groups in total. The number of benzene rings is 1. The fraction of sp³-hybridized carbons (Fsp3) is 0.400. The average molecular weight is 259 g/mol. The van der Waals surface area contributed by atoms with Gasteiger partial charge in [0.25, 0.3) is 5.79 Å². The molecule has 0 spiro atoms. The third-order valence-electron chi connectivity index (χ3n) is 2.06. The minimum atomic E-state index is -1.25. The van der Waals surface area contributed by atoms with Gasteiger partial charge in [-0.15, -0.1) is 0 Å². The van der Waals surface area contributed by atoms with Gasteiger partial charge in [-0.3, -0.25) is 0 Å². The number of alkyl halides is 1. The first-order valence-corrected chi connectivity index (χ1v) is 5.46. The molecule has 0 aliphatic carbocycles. The summed E-state index contributed by atoms with van der Waals surface area (Å²) in [7, 11) is 0. The van der Waals surface area contributed by atoms with Crippen molar-refractivity contribution in [2.45, 2.75) is 12.7 Å². The van der Waals surface area contributed by atoms with Crippen LogP contribution in [0, 0.1) is 6.92 Å². The molecule has 0 radical (unpaired) electrons. The highest BCUT2D eigenvalue weighted by Crippen LogP contribution is 2.35. The van der Waals surface area contributed by atoms with Gasteiger partial charge in [0.2, 0.25) is 0 Å². The summed E-state index contributed by atoms with van der Waals surface area (Å²) >= 11 is 3.18. The number of hydrogen-bond acceptors (Lipinski definition) is 3. The van der Waals surface area contributed by atoms with Gasteiger partial charge in [-0.25, -0.2) is 0 Å². The highest BCUT2D eigenvalue weighted by molar-refractivity contribution is 9.09. The number of hydrogen-bond donors (Lipinski definition) is 1. The first-order chi connectivity index (χ1) is 6.63. The van der Waals surface area contributed by atoms with Gasteiger partial charge in [0.05, 0.1) is 5.33 Å². The van der Waals surface area contributed by atoms with Gasteiger partial charge in [0, 0.05) is 0 Å². The molecule has 1 aliphatic heterocycles. The Hall–Kier alpha value is -0.740. The molecule has 0 saturated heterocycles. The quantitative estimate of drug-likeness (QED) is 0.782. The second-order valence-corrected chi connectivity index (χ2v) is 3.98. The number of aliphatic hydroxyl groups is 1. The zero-order valence-electron chi connectivity index (χ0n) is 7.79. The number of ether oxygens (including phenoxy) is 2. The van der Waals surface area contributed by atoms with Gasteiger partial charge < -0.3 is 14.6 Å². The summed E-state index contributed by atoms with van der Waals surface area (Å²) in [6.45, 7) is 2.11. The molecule has 76 valence electrons. The Morgan fingerprint density at radius 2 is 2.29 bits per heavy atom. The van der Waals surface area contributed by atoms with Crippen LogP contribution in [0.15, 0.2) is 18.2 Å². The van der Waals surface area contributed by atoms with Crippen LogP contribution in [0.3, 0.4) is 0 Å². The van der Waals surface area contributed by atoms with E-state index < -0.39 is 5.79 Å². The second kappa shape index (κ2) is 3.44. The summed E-state index contributed by atoms with van der Waals surface area (Å²) in [4.78, 5) is 0. The zero-order valence-corrected chi connectivity index (χ0v) is 9.37. The van der Waals surface area contributed by atoms with E-state index in [9.17, 15) is 5.11 Å². The molecule has 0 bridgehead atoms. The van der Waals surface area contributed by atoms with E-state index >= 15 is 0 Å². The van der Waals surface area contributed by atoms with Crippen molar-refractivity contribution in [3.8, 4) is 11.5 Å². The van der Waals surface area contributed by atoms with Crippen molar-refractivity contribution in [3.63, 3.8) is 0 Å². The number of rotatable bonds is 1. The van der Waals surface area contributed by atoms with Crippen molar-refractivity contribution in [2.75, 3.05) is 11.9 Å². The van der Waals surface area contributed by atoms with Gasteiger partial charge in [-0.05, 0) is 24.6 Å². The van der Waals surface area contributed by atoms with E-state index in [2.05, 4.69) is 15.9 Å². The maximum atomic E-state index is 9.82. The van der Waals surface area contributed by atoms with Crippen LogP contribution >= 0.6 is 15.9 Å². The highest BCUT2D eigenvalue weighted by Gasteiger charge is 2.34. The highest BCUT2D eigenvalue weighted by atomic mass is 79.9. The summed E-state index contributed by atoms with van der Waals surface area (Å²) in [5.74, 6) is 0.0280. The minimum Gasteiger partial charge on any atom is -0.483 e. The number of fused-ring (bicyclic) bond motifs is 1. The van der Waals surface area contributed by atoms with E-state index in [4.69, 9.17) is 9.47 Å². The van der Waals surface area contributed by atoms with Gasteiger partial charge in [-0.1, -0.05) is 22.0 Å². The predicted octanol–water partition coefficient (Wildman–Crippen LogP) is 1.85. The smallest absolute Gasteiger partial charge is 0.252 e. The second-order valence-electron chi connectivity index (χ2n) is 3.42. The van der Waals surface area contributed by atoms with Crippen molar-refractivity contribution in [1.82, 2.24) is 0 Å². The molecule has 14 heavy (non-hydrogen) atoms. The summed E-state index contributed by atoms with van der Waals surface area (Å²) in [5.41, 5.74) is 1.08. The maximum Gasteiger partial charge on any atom is 0.252 e. The SMILES string of the molecule is Cc1ccc2c(c1)OC(O)(CBr)CO2. The first-order valence-electron chi connectivity index (χ1n) is 4.34. The third kappa shape index (κ3) is 1.72. The van der Waals surface area contributed by atoms with Crippen LogP contribution in [0.5, 0.6) is 11.5 Å². The molecule has 1 unspecified atom stereocenters. The molecule has 2 rings (SSSR count). The lowest BCUT2D eigenvalue weighted by molar-refractivity contribution is -0.154. The molecular formula is C10H11BrO3. The number of halogens is 1. The lowest BCUT2D eigenvalue weighted by atomic mass is 10.2. The van der Waals surface area contributed by atoms with Crippen LogP contribution < -0.4 is 9.47 Å². The van der Waals surface area contributed by atoms with Crippen LogP contribution in [-0.4, -0.2) is 22.8 Å². The Morgan fingerprint density at radius 1 is 1.50 bits per heavy atom. The third-order valence-corrected chi connectivity index (χ3v) is 2.94. The Bertz CT molecular complexity index is 353. The molecule has 1 heterocycles. The van der Waals surface area contributed by atoms with Gasteiger partial charge in [0.15, 0.2) is 18.1 Å². The van der Waals surface area contributed by atoms with E-state index in [1.165, 1.54) is 0 Å². The molecule has 1 aromatic rings. The molecular weight excluding hydrogens is 248 g/mol. The van der Waals surface area contributed by atoms with Crippen molar-refractivity contribution in [1.29, 1.82) is 0 Å². The molecule has 4 heteroatoms. The maximum absolute atomic E-state index is 9.82. The standard InChI is InChI=1S/C10H11BrO3/c1-7-2-3-8-9(4-7)14-10(12,5-11)6-13-8/h2-4,12H,5-6H2,1H3. The molecule has 3 nitrogen and oxygen atoms in total. The van der Waals surface area contributed by atoms with Crippen molar-refractivity contribution in [2.24, 2.45) is 0 Å². The van der Waals surface area contributed by atoms with Crippen LogP contribution in [0.2, 0.25) is 0 Å². The fourth-order valence-electron chi connectivity index (χ4n) is 1.30. The fourth-order valence-corrected chi connectivity index (χ4v) is 1.58. The Labute approximate surface area is 90.8 Å². The van der Waals surface area contributed by atoms with Crippen molar-refractivity contribution >= 4 is 15.9 Å². The Kier molecular flexibility index (Phi) is 2.41. The van der Waals surface area contributed by atoms with E-state index in [1.54, 1.807) is 0 Å². The molecule has 0 fully saturated rings. The summed E-state index contributed by atoms with van der Waals surface area (Å²) < 4.78 is 10.8. The largest absolute Gasteiger partial charge is 0.483 e. The lowest BCUT2D eigenvalue weighted by Crippen LogP contribution is -2.46. The van der Waals surface area contributed by atoms with Crippen LogP contribution in [0.25, 0.3) is 0 Å². The number of aryl methyl sites for hydroxylation is 1. The lowest BCUT2D eigenvalue weighted by Gasteiger charge is -2.32. The van der Waals surface area contributed by atoms with Crippen molar-refractivity contribution < 1.29 is 14.6 Å². The van der Waals surface area contributed by atoms with Crippen LogP contribution in [-0.2, 0) is 0 Å². The summed E-state index contributed by atoms with van der Waals surface area (Å²) in [6, 6.07) is 5.64. The first kappa shape index (κ1) is 9.80. The van der Waals surface area contributed by atoms with Crippen LogP contribution in [0.1, 0.15) is 5.56 Å². The van der Waals surface area contributed by atoms with Gasteiger partial charge in [0.1, 0.15) is 0 Å². The van der Waals surface area contributed by atoms with E-state index in [-0.39, 0.29) is 6.61 Å². The van der Waals surface area contributed by atoms with E-state index in [1.807, 2.05) is 25.1 Å². The van der Waals surface area contributed by atoms with E-state index in [0.717, 1.165) is 5.56 Å². The topological polar surface area (TPSA) is 38.7 Å². The predicted molar refractivity (Wildman–Crippen MR) is 56.0 cm³/mol. The van der Waals surface area contributed by atoms with E-state index in [0.29, 0.717) is 16.8 Å². The van der Waals surface area contributed by atoms with Gasteiger partial charge >= 0.3 is 0 Å². The summed E-state index contributed by atoms with van der Waals surface area (Å²) in [6.07, 6.45) is 0. The molecule has 1 atom stereocenters. The Balaban J connectivity index is 2.33. The molecule has 0 amide bonds. The minimum absolute atomic E-state index is 0.147. The van der Waals surface area contributed by atoms with Gasteiger partial charge in [-0.2, -0.15) is 0 Å².